The number of hydrogen-bond acceptors (Lipinski definition) is 16. The van der Waals surface area contributed by atoms with Crippen LogP contribution < -0.4 is 0 Å². The second kappa shape index (κ2) is 29.6. The second-order valence-electron chi connectivity index (χ2n) is 16.8. The van der Waals surface area contributed by atoms with Gasteiger partial charge in [-0.2, -0.15) is 0 Å². The van der Waals surface area contributed by atoms with Gasteiger partial charge < -0.3 is 72.9 Å². The third-order valence-corrected chi connectivity index (χ3v) is 10.2. The Kier molecular flexibility index (Phi) is 26.3. The highest BCUT2D eigenvalue weighted by molar-refractivity contribution is 4.76. The summed E-state index contributed by atoms with van der Waals surface area (Å²) < 4.78 is 52.2. The average Bonchev–Trinajstić information content (AvgIpc) is 3.97. The van der Waals surface area contributed by atoms with Crippen molar-refractivity contribution in [3.05, 3.63) is 0 Å². The quantitative estimate of drug-likeness (QED) is 0.0717. The van der Waals surface area contributed by atoms with Crippen molar-refractivity contribution >= 4 is 0 Å². The summed E-state index contributed by atoms with van der Waals surface area (Å²) in [6.45, 7) is 16.0. The summed E-state index contributed by atoms with van der Waals surface area (Å²) in [6.07, 6.45) is 3.31. The van der Waals surface area contributed by atoms with E-state index in [9.17, 15) is 20.4 Å². The molecule has 4 N–H and O–H groups in total. The number of aliphatic hydroxyl groups excluding tert-OH is 4. The minimum absolute atomic E-state index is 0.0574. The minimum Gasteiger partial charge on any atom is -0.389 e. The fourth-order valence-electron chi connectivity index (χ4n) is 7.33. The maximum atomic E-state index is 10.9. The van der Waals surface area contributed by atoms with Gasteiger partial charge in [-0.15, -0.1) is 0 Å². The van der Waals surface area contributed by atoms with Crippen molar-refractivity contribution in [3.8, 4) is 0 Å². The van der Waals surface area contributed by atoms with E-state index in [1.165, 1.54) is 0 Å². The normalized spacial score (nSPS) is 24.7. The van der Waals surface area contributed by atoms with Crippen LogP contribution >= 0.6 is 0 Å². The van der Waals surface area contributed by atoms with Gasteiger partial charge in [0.1, 0.15) is 0 Å². The van der Waals surface area contributed by atoms with Crippen LogP contribution in [0, 0.1) is 0 Å². The zero-order chi connectivity index (χ0) is 41.4. The lowest BCUT2D eigenvalue weighted by atomic mass is 10.2. The molecule has 3 fully saturated rings. The molecule has 0 bridgehead atoms. The molecule has 0 radical (unpaired) electrons. The van der Waals surface area contributed by atoms with Crippen molar-refractivity contribution in [1.29, 1.82) is 0 Å². The summed E-state index contributed by atoms with van der Waals surface area (Å²) in [7, 11) is 3.97. The van der Waals surface area contributed by atoms with Gasteiger partial charge in [0.15, 0.2) is 0 Å². The summed E-state index contributed by atoms with van der Waals surface area (Å²) in [5, 5.41) is 42.5. The lowest BCUT2D eigenvalue weighted by Gasteiger charge is -2.29. The van der Waals surface area contributed by atoms with Crippen molar-refractivity contribution in [2.45, 2.75) is 133 Å². The highest BCUT2D eigenvalue weighted by Crippen LogP contribution is 2.16. The largest absolute Gasteiger partial charge is 0.389 e. The Morgan fingerprint density at radius 3 is 1.19 bits per heavy atom. The molecule has 338 valence electrons. The predicted octanol–water partition coefficient (Wildman–Crippen LogP) is 0.786. The van der Waals surface area contributed by atoms with Crippen LogP contribution in [0.5, 0.6) is 0 Å². The van der Waals surface area contributed by atoms with Gasteiger partial charge in [-0.25, -0.2) is 0 Å². The molecular weight excluding hydrogens is 742 g/mol. The van der Waals surface area contributed by atoms with E-state index in [1.54, 1.807) is 0 Å². The number of likely N-dealkylation sites (N-methyl/N-ethyl adjacent to an activating group) is 2. The van der Waals surface area contributed by atoms with Gasteiger partial charge in [-0.05, 0) is 80.3 Å². The maximum absolute atomic E-state index is 10.9. The average molecular weight is 824 g/mol. The van der Waals surface area contributed by atoms with E-state index >= 15 is 0 Å². The molecule has 3 saturated heterocycles. The first-order valence-corrected chi connectivity index (χ1v) is 21.6. The van der Waals surface area contributed by atoms with Crippen molar-refractivity contribution in [1.82, 2.24) is 14.7 Å². The molecule has 0 aromatic rings. The van der Waals surface area contributed by atoms with Crippen molar-refractivity contribution in [3.63, 3.8) is 0 Å². The van der Waals surface area contributed by atoms with Crippen molar-refractivity contribution in [2.75, 3.05) is 133 Å². The molecule has 0 aromatic carbocycles. The summed E-state index contributed by atoms with van der Waals surface area (Å²) in [5.41, 5.74) is 0. The lowest BCUT2D eigenvalue weighted by Crippen LogP contribution is -2.44. The molecule has 0 aromatic heterocycles. The van der Waals surface area contributed by atoms with Crippen LogP contribution in [0.15, 0.2) is 0 Å². The van der Waals surface area contributed by atoms with Crippen LogP contribution in [0.4, 0.5) is 0 Å². The zero-order valence-corrected chi connectivity index (χ0v) is 36.1. The van der Waals surface area contributed by atoms with Gasteiger partial charge in [0.2, 0.25) is 0 Å². The lowest BCUT2D eigenvalue weighted by molar-refractivity contribution is -0.0869. The summed E-state index contributed by atoms with van der Waals surface area (Å²) in [6, 6.07) is 0. The topological polar surface area (TPSA) is 174 Å². The molecule has 11 unspecified atom stereocenters. The fraction of sp³-hybridized carbons (Fsp3) is 1.00. The molecule has 0 amide bonds. The molecule has 0 spiro atoms. The van der Waals surface area contributed by atoms with Gasteiger partial charge in [0.25, 0.3) is 0 Å². The molecule has 3 heterocycles. The first-order valence-electron chi connectivity index (χ1n) is 21.6. The minimum atomic E-state index is -0.770. The van der Waals surface area contributed by atoms with E-state index in [4.69, 9.17) is 42.6 Å². The number of aliphatic hydroxyl groups is 4. The molecule has 3 aliphatic rings. The summed E-state index contributed by atoms with van der Waals surface area (Å²) >= 11 is 0. The number of hydrogen-bond donors (Lipinski definition) is 4. The summed E-state index contributed by atoms with van der Waals surface area (Å²) in [5.74, 6) is 0. The zero-order valence-electron chi connectivity index (χ0n) is 36.1. The Morgan fingerprint density at radius 1 is 0.456 bits per heavy atom. The molecule has 11 atom stereocenters. The Labute approximate surface area is 343 Å². The molecule has 3 rings (SSSR count). The van der Waals surface area contributed by atoms with Crippen LogP contribution in [0.2, 0.25) is 0 Å². The Morgan fingerprint density at radius 2 is 0.789 bits per heavy atom. The van der Waals surface area contributed by atoms with Crippen LogP contribution in [0.25, 0.3) is 0 Å². The third kappa shape index (κ3) is 24.4. The molecular formula is C41H81N3O13. The highest BCUT2D eigenvalue weighted by atomic mass is 16.6. The number of rotatable bonds is 34. The molecule has 0 aliphatic carbocycles. The SMILES string of the molecule is CC(COCC(O)CN(CC(O)COC(C)COC(C)COCC(O)CN(C)CC1CCCO1)CC1CCCO1)OCC(C)OCC(O)CN(C)CC1CCCO1. The van der Waals surface area contributed by atoms with E-state index in [1.807, 2.05) is 46.7 Å². The molecule has 16 heteroatoms. The van der Waals surface area contributed by atoms with Crippen LogP contribution in [-0.2, 0) is 42.6 Å². The van der Waals surface area contributed by atoms with Gasteiger partial charge in [0.05, 0.1) is 120 Å². The summed E-state index contributed by atoms with van der Waals surface area (Å²) in [4.78, 5) is 6.18. The highest BCUT2D eigenvalue weighted by Gasteiger charge is 2.25. The van der Waals surface area contributed by atoms with E-state index in [2.05, 4.69) is 9.80 Å². The standard InChI is InChI=1S/C41H81N3O13/c1-31(23-49-27-35(45)16-42(5)20-39-10-7-13-51-39)55-26-34(4)57-30-38(48)19-44(22-41-12-9-15-53-41)18-37(47)28-50-24-32(2)54-25-33(3)56-29-36(46)17-43(6)21-40-11-8-14-52-40/h31-41,45-48H,7-30H2,1-6H3. The molecule has 0 saturated carbocycles. The first-order chi connectivity index (χ1) is 27.3. The van der Waals surface area contributed by atoms with Crippen molar-refractivity contribution < 1.29 is 63.1 Å². The Bertz CT molecular complexity index is 976. The first kappa shape index (κ1) is 50.7. The van der Waals surface area contributed by atoms with Crippen molar-refractivity contribution in [2.24, 2.45) is 0 Å². The second-order valence-corrected chi connectivity index (χ2v) is 16.8. The molecule has 16 nitrogen and oxygen atoms in total. The Balaban J connectivity index is 1.24. The fourth-order valence-corrected chi connectivity index (χ4v) is 7.33. The van der Waals surface area contributed by atoms with E-state index in [0.717, 1.165) is 71.4 Å². The molecule has 3 aliphatic heterocycles. The third-order valence-electron chi connectivity index (χ3n) is 10.2. The smallest absolute Gasteiger partial charge is 0.0900 e. The number of ether oxygens (including phenoxy) is 9. The molecule has 57 heavy (non-hydrogen) atoms. The Hall–Kier alpha value is -0.640. The van der Waals surface area contributed by atoms with Gasteiger partial charge in [-0.3, -0.25) is 4.90 Å². The van der Waals surface area contributed by atoms with E-state index < -0.39 is 24.4 Å². The van der Waals surface area contributed by atoms with Gasteiger partial charge in [0, 0.05) is 65.6 Å². The van der Waals surface area contributed by atoms with Crippen LogP contribution in [0.1, 0.15) is 66.2 Å². The van der Waals surface area contributed by atoms with E-state index in [0.29, 0.717) is 59.2 Å². The van der Waals surface area contributed by atoms with Gasteiger partial charge >= 0.3 is 0 Å². The van der Waals surface area contributed by atoms with E-state index in [-0.39, 0.29) is 69.2 Å². The van der Waals surface area contributed by atoms with Crippen LogP contribution in [0.3, 0.4) is 0 Å². The monoisotopic (exact) mass is 824 g/mol. The predicted molar refractivity (Wildman–Crippen MR) is 216 cm³/mol. The number of nitrogens with zero attached hydrogens (tertiary/aromatic N) is 3. The maximum Gasteiger partial charge on any atom is 0.0900 e. The van der Waals surface area contributed by atoms with Crippen LogP contribution in [-0.4, -0.2) is 235 Å². The van der Waals surface area contributed by atoms with Gasteiger partial charge in [-0.1, -0.05) is 0 Å².